The molecule has 2 aromatic rings. The summed E-state index contributed by atoms with van der Waals surface area (Å²) in [6.45, 7) is 4.43. The van der Waals surface area contributed by atoms with Crippen molar-refractivity contribution >= 4 is 34.1 Å². The van der Waals surface area contributed by atoms with Crippen LogP contribution in [0.5, 0.6) is 0 Å². The summed E-state index contributed by atoms with van der Waals surface area (Å²) in [7, 11) is 0. The van der Waals surface area contributed by atoms with Crippen LogP contribution in [0.25, 0.3) is 10.9 Å². The largest absolute Gasteiger partial charge is 0.299 e. The van der Waals surface area contributed by atoms with Crippen molar-refractivity contribution in [2.75, 3.05) is 5.88 Å². The average molecular weight is 285 g/mol. The molecule has 0 amide bonds. The molecular weight excluding hydrogens is 271 g/mol. The summed E-state index contributed by atoms with van der Waals surface area (Å²) in [4.78, 5) is 16.6. The van der Waals surface area contributed by atoms with E-state index in [1.54, 1.807) is 10.9 Å². The first-order valence-corrected chi connectivity index (χ1v) is 6.68. The van der Waals surface area contributed by atoms with Crippen LogP contribution in [0.1, 0.15) is 17.5 Å². The molecule has 1 aromatic heterocycles. The third kappa shape index (κ3) is 2.25. The van der Waals surface area contributed by atoms with Crippen LogP contribution in [0.4, 0.5) is 0 Å². The van der Waals surface area contributed by atoms with Crippen molar-refractivity contribution in [1.82, 2.24) is 9.55 Å². The summed E-state index contributed by atoms with van der Waals surface area (Å²) >= 11 is 11.9. The van der Waals surface area contributed by atoms with Gasteiger partial charge in [-0.25, -0.2) is 4.98 Å². The number of alkyl halides is 1. The van der Waals surface area contributed by atoms with Crippen molar-refractivity contribution in [3.05, 3.63) is 38.9 Å². The average Bonchev–Trinajstić information content (AvgIpc) is 2.35. The molecule has 0 unspecified atom stereocenters. The van der Waals surface area contributed by atoms with Gasteiger partial charge in [0.05, 0.1) is 22.3 Å². The van der Waals surface area contributed by atoms with E-state index in [0.29, 0.717) is 28.4 Å². The van der Waals surface area contributed by atoms with Crippen LogP contribution in [0, 0.1) is 13.8 Å². The minimum atomic E-state index is -0.0989. The van der Waals surface area contributed by atoms with Crippen molar-refractivity contribution in [3.63, 3.8) is 0 Å². The van der Waals surface area contributed by atoms with Gasteiger partial charge >= 0.3 is 0 Å². The summed E-state index contributed by atoms with van der Waals surface area (Å²) in [5.41, 5.74) is 2.52. The smallest absolute Gasteiger partial charge is 0.262 e. The molecule has 96 valence electrons. The van der Waals surface area contributed by atoms with Crippen molar-refractivity contribution in [2.45, 2.75) is 26.8 Å². The predicted molar refractivity (Wildman–Crippen MR) is 75.8 cm³/mol. The maximum atomic E-state index is 12.3. The molecule has 0 fully saturated rings. The van der Waals surface area contributed by atoms with Gasteiger partial charge in [0.2, 0.25) is 0 Å². The number of rotatable bonds is 3. The maximum absolute atomic E-state index is 12.3. The highest BCUT2D eigenvalue weighted by Gasteiger charge is 2.11. The minimum Gasteiger partial charge on any atom is -0.299 e. The van der Waals surface area contributed by atoms with Crippen molar-refractivity contribution in [2.24, 2.45) is 0 Å². The van der Waals surface area contributed by atoms with Gasteiger partial charge in [-0.1, -0.05) is 11.6 Å². The third-order valence-electron chi connectivity index (χ3n) is 3.09. The number of aromatic nitrogens is 2. The van der Waals surface area contributed by atoms with Crippen LogP contribution in [0.3, 0.4) is 0 Å². The Morgan fingerprint density at radius 2 is 2.11 bits per heavy atom. The molecule has 2 rings (SSSR count). The first-order valence-electron chi connectivity index (χ1n) is 5.77. The fraction of sp³-hybridized carbons (Fsp3) is 0.385. The number of aryl methyl sites for hydroxylation is 2. The van der Waals surface area contributed by atoms with Crippen molar-refractivity contribution in [1.29, 1.82) is 0 Å². The van der Waals surface area contributed by atoms with E-state index in [-0.39, 0.29) is 5.56 Å². The number of nitrogens with zero attached hydrogens (tertiary/aromatic N) is 2. The maximum Gasteiger partial charge on any atom is 0.262 e. The number of benzene rings is 1. The number of halogens is 2. The van der Waals surface area contributed by atoms with Crippen LogP contribution in [0.15, 0.2) is 17.2 Å². The second-order valence-electron chi connectivity index (χ2n) is 4.31. The summed E-state index contributed by atoms with van der Waals surface area (Å²) in [6.07, 6.45) is 2.29. The molecule has 0 saturated heterocycles. The normalized spacial score (nSPS) is 11.1. The molecule has 0 radical (unpaired) electrons. The summed E-state index contributed by atoms with van der Waals surface area (Å²) < 4.78 is 1.56. The Balaban J connectivity index is 2.70. The summed E-state index contributed by atoms with van der Waals surface area (Å²) in [5, 5.41) is 1.000. The quantitative estimate of drug-likeness (QED) is 0.811. The lowest BCUT2D eigenvalue weighted by Gasteiger charge is -2.09. The molecule has 0 bridgehead atoms. The Hall–Kier alpha value is -1.06. The van der Waals surface area contributed by atoms with Gasteiger partial charge in [-0.15, -0.1) is 11.6 Å². The molecule has 0 spiro atoms. The van der Waals surface area contributed by atoms with Crippen LogP contribution < -0.4 is 5.56 Å². The highest BCUT2D eigenvalue weighted by atomic mass is 35.5. The summed E-state index contributed by atoms with van der Waals surface area (Å²) in [5.74, 6) is 0.519. The molecule has 0 atom stereocenters. The molecule has 18 heavy (non-hydrogen) atoms. The fourth-order valence-corrected chi connectivity index (χ4v) is 2.33. The van der Waals surface area contributed by atoms with Gasteiger partial charge < -0.3 is 0 Å². The zero-order valence-corrected chi connectivity index (χ0v) is 11.8. The Labute approximate surface area is 115 Å². The van der Waals surface area contributed by atoms with Crippen molar-refractivity contribution in [3.8, 4) is 0 Å². The topological polar surface area (TPSA) is 34.9 Å². The highest BCUT2D eigenvalue weighted by Crippen LogP contribution is 2.25. The van der Waals surface area contributed by atoms with Gasteiger partial charge in [-0.05, 0) is 37.5 Å². The zero-order chi connectivity index (χ0) is 13.3. The first-order chi connectivity index (χ1) is 8.56. The molecule has 1 aromatic carbocycles. The standard InChI is InChI=1S/C13H14Cl2N2O/c1-8-6-10-11(12(15)9(8)2)13(18)17(7-16-10)5-3-4-14/h6-7H,3-5H2,1-2H3. The lowest BCUT2D eigenvalue weighted by atomic mass is 10.1. The van der Waals surface area contributed by atoms with Crippen LogP contribution >= 0.6 is 23.2 Å². The van der Waals surface area contributed by atoms with Gasteiger partial charge in [0.25, 0.3) is 5.56 Å². The van der Waals surface area contributed by atoms with E-state index in [4.69, 9.17) is 23.2 Å². The predicted octanol–water partition coefficient (Wildman–Crippen LogP) is 3.30. The fourth-order valence-electron chi connectivity index (χ4n) is 1.88. The van der Waals surface area contributed by atoms with Gasteiger partial charge in [0.15, 0.2) is 0 Å². The molecule has 0 saturated carbocycles. The minimum absolute atomic E-state index is 0.0989. The van der Waals surface area contributed by atoms with Gasteiger partial charge in [-0.2, -0.15) is 0 Å². The SMILES string of the molecule is Cc1cc2ncn(CCCCl)c(=O)c2c(Cl)c1C. The van der Waals surface area contributed by atoms with E-state index in [2.05, 4.69) is 4.98 Å². The van der Waals surface area contributed by atoms with E-state index in [1.807, 2.05) is 19.9 Å². The molecule has 0 aliphatic carbocycles. The molecule has 5 heteroatoms. The number of hydrogen-bond donors (Lipinski definition) is 0. The molecule has 3 nitrogen and oxygen atoms in total. The lowest BCUT2D eigenvalue weighted by Crippen LogP contribution is -2.21. The van der Waals surface area contributed by atoms with Crippen LogP contribution in [-0.4, -0.2) is 15.4 Å². The second-order valence-corrected chi connectivity index (χ2v) is 5.07. The Bertz CT molecular complexity index is 649. The molecule has 0 aliphatic rings. The highest BCUT2D eigenvalue weighted by molar-refractivity contribution is 6.36. The van der Waals surface area contributed by atoms with Crippen LogP contribution in [0.2, 0.25) is 5.02 Å². The van der Waals surface area contributed by atoms with Gasteiger partial charge in [0, 0.05) is 12.4 Å². The number of hydrogen-bond acceptors (Lipinski definition) is 2. The second kappa shape index (κ2) is 5.29. The molecule has 1 heterocycles. The Kier molecular flexibility index (Phi) is 3.93. The molecule has 0 aliphatic heterocycles. The van der Waals surface area contributed by atoms with Gasteiger partial charge in [0.1, 0.15) is 0 Å². The van der Waals surface area contributed by atoms with Crippen LogP contribution in [-0.2, 0) is 6.54 Å². The monoisotopic (exact) mass is 284 g/mol. The summed E-state index contributed by atoms with van der Waals surface area (Å²) in [6, 6.07) is 1.89. The van der Waals surface area contributed by atoms with E-state index >= 15 is 0 Å². The van der Waals surface area contributed by atoms with E-state index in [0.717, 1.165) is 17.5 Å². The van der Waals surface area contributed by atoms with Gasteiger partial charge in [-0.3, -0.25) is 9.36 Å². The third-order valence-corrected chi connectivity index (χ3v) is 3.83. The first kappa shape index (κ1) is 13.4. The Morgan fingerprint density at radius 3 is 2.78 bits per heavy atom. The molecular formula is C13H14Cl2N2O. The number of fused-ring (bicyclic) bond motifs is 1. The van der Waals surface area contributed by atoms with E-state index in [1.165, 1.54) is 0 Å². The zero-order valence-electron chi connectivity index (χ0n) is 10.3. The van der Waals surface area contributed by atoms with Crippen molar-refractivity contribution < 1.29 is 0 Å². The van der Waals surface area contributed by atoms with E-state index < -0.39 is 0 Å². The lowest BCUT2D eigenvalue weighted by molar-refractivity contribution is 0.650. The van der Waals surface area contributed by atoms with E-state index in [9.17, 15) is 4.79 Å². The molecule has 0 N–H and O–H groups in total. The Morgan fingerprint density at radius 1 is 1.39 bits per heavy atom.